The van der Waals surface area contributed by atoms with Crippen molar-refractivity contribution in [2.45, 2.75) is 63.7 Å². The van der Waals surface area contributed by atoms with Crippen molar-refractivity contribution in [3.63, 3.8) is 0 Å². The van der Waals surface area contributed by atoms with Gasteiger partial charge in [0.1, 0.15) is 0 Å². The second kappa shape index (κ2) is 9.22. The summed E-state index contributed by atoms with van der Waals surface area (Å²) in [7, 11) is 0. The average molecular weight is 273 g/mol. The SMILES string of the molecule is CSC1CCCN(CC(C)CCCC(C)N)CC1. The lowest BCUT2D eigenvalue weighted by Crippen LogP contribution is -2.30. The summed E-state index contributed by atoms with van der Waals surface area (Å²) in [6.07, 6.45) is 10.3. The maximum atomic E-state index is 5.80. The minimum Gasteiger partial charge on any atom is -0.328 e. The van der Waals surface area contributed by atoms with Crippen molar-refractivity contribution >= 4 is 11.8 Å². The third-order valence-electron chi connectivity index (χ3n) is 4.03. The molecule has 18 heavy (non-hydrogen) atoms. The van der Waals surface area contributed by atoms with E-state index in [-0.39, 0.29) is 0 Å². The molecule has 0 aliphatic carbocycles. The third kappa shape index (κ3) is 7.01. The predicted molar refractivity (Wildman–Crippen MR) is 84.3 cm³/mol. The van der Waals surface area contributed by atoms with Crippen LogP contribution in [-0.2, 0) is 0 Å². The van der Waals surface area contributed by atoms with Crippen LogP contribution in [0.3, 0.4) is 0 Å². The van der Waals surface area contributed by atoms with Crippen LogP contribution in [0.2, 0.25) is 0 Å². The lowest BCUT2D eigenvalue weighted by molar-refractivity contribution is 0.238. The van der Waals surface area contributed by atoms with Gasteiger partial charge in [-0.1, -0.05) is 13.3 Å². The normalized spacial score (nSPS) is 25.7. The van der Waals surface area contributed by atoms with Crippen LogP contribution >= 0.6 is 11.8 Å². The van der Waals surface area contributed by atoms with Crippen LogP contribution < -0.4 is 5.73 Å². The first kappa shape index (κ1) is 16.3. The molecule has 0 saturated carbocycles. The molecule has 1 heterocycles. The standard InChI is InChI=1S/C15H32N2S/c1-13(6-4-7-14(2)16)12-17-10-5-8-15(18-3)9-11-17/h13-15H,4-12,16H2,1-3H3. The molecule has 3 heteroatoms. The summed E-state index contributed by atoms with van der Waals surface area (Å²) in [5.41, 5.74) is 5.80. The van der Waals surface area contributed by atoms with Gasteiger partial charge < -0.3 is 10.6 Å². The van der Waals surface area contributed by atoms with Crippen LogP contribution in [0.4, 0.5) is 0 Å². The van der Waals surface area contributed by atoms with Crippen LogP contribution in [0, 0.1) is 5.92 Å². The number of rotatable bonds is 7. The van der Waals surface area contributed by atoms with Gasteiger partial charge in [0, 0.05) is 17.8 Å². The Hall–Kier alpha value is 0.270. The molecule has 0 aromatic heterocycles. The highest BCUT2D eigenvalue weighted by Crippen LogP contribution is 2.22. The van der Waals surface area contributed by atoms with Gasteiger partial charge >= 0.3 is 0 Å². The predicted octanol–water partition coefficient (Wildman–Crippen LogP) is 3.36. The molecular formula is C15H32N2S. The number of nitrogens with zero attached hydrogens (tertiary/aromatic N) is 1. The van der Waals surface area contributed by atoms with E-state index in [4.69, 9.17) is 5.73 Å². The summed E-state index contributed by atoms with van der Waals surface area (Å²) < 4.78 is 0. The van der Waals surface area contributed by atoms with E-state index in [0.717, 1.165) is 11.2 Å². The molecular weight excluding hydrogens is 240 g/mol. The Morgan fingerprint density at radius 1 is 1.22 bits per heavy atom. The summed E-state index contributed by atoms with van der Waals surface area (Å²) in [6.45, 7) is 8.43. The first-order chi connectivity index (χ1) is 8.61. The fraction of sp³-hybridized carbons (Fsp3) is 1.00. The van der Waals surface area contributed by atoms with Crippen molar-refractivity contribution in [1.82, 2.24) is 4.90 Å². The van der Waals surface area contributed by atoms with Gasteiger partial charge in [-0.15, -0.1) is 0 Å². The molecule has 0 amide bonds. The van der Waals surface area contributed by atoms with Crippen molar-refractivity contribution in [1.29, 1.82) is 0 Å². The fourth-order valence-corrected chi connectivity index (χ4v) is 3.61. The van der Waals surface area contributed by atoms with Crippen LogP contribution in [0.15, 0.2) is 0 Å². The number of hydrogen-bond acceptors (Lipinski definition) is 3. The summed E-state index contributed by atoms with van der Waals surface area (Å²) in [6, 6.07) is 0.373. The molecule has 1 saturated heterocycles. The van der Waals surface area contributed by atoms with E-state index in [1.54, 1.807) is 0 Å². The van der Waals surface area contributed by atoms with Crippen LogP contribution in [0.5, 0.6) is 0 Å². The second-order valence-corrected chi connectivity index (χ2v) is 7.24. The van der Waals surface area contributed by atoms with Gasteiger partial charge in [0.25, 0.3) is 0 Å². The average Bonchev–Trinajstić information content (AvgIpc) is 2.53. The molecule has 1 aliphatic heterocycles. The van der Waals surface area contributed by atoms with Crippen LogP contribution in [0.1, 0.15) is 52.4 Å². The Balaban J connectivity index is 2.16. The Bertz CT molecular complexity index is 209. The Kier molecular flexibility index (Phi) is 8.36. The van der Waals surface area contributed by atoms with Crippen molar-refractivity contribution in [2.75, 3.05) is 25.9 Å². The Morgan fingerprint density at radius 2 is 2.00 bits per heavy atom. The van der Waals surface area contributed by atoms with E-state index < -0.39 is 0 Å². The largest absolute Gasteiger partial charge is 0.328 e. The van der Waals surface area contributed by atoms with Crippen molar-refractivity contribution in [3.05, 3.63) is 0 Å². The molecule has 2 nitrogen and oxygen atoms in total. The van der Waals surface area contributed by atoms with Gasteiger partial charge in [-0.05, 0) is 64.3 Å². The molecule has 0 aromatic rings. The number of thioether (sulfide) groups is 1. The second-order valence-electron chi connectivity index (χ2n) is 6.10. The zero-order chi connectivity index (χ0) is 13.4. The first-order valence-electron chi connectivity index (χ1n) is 7.62. The first-order valence-corrected chi connectivity index (χ1v) is 8.91. The summed E-state index contributed by atoms with van der Waals surface area (Å²) in [4.78, 5) is 2.69. The zero-order valence-corrected chi connectivity index (χ0v) is 13.3. The molecule has 0 aromatic carbocycles. The molecule has 0 spiro atoms. The van der Waals surface area contributed by atoms with Crippen molar-refractivity contribution < 1.29 is 0 Å². The van der Waals surface area contributed by atoms with Gasteiger partial charge in [-0.25, -0.2) is 0 Å². The van der Waals surface area contributed by atoms with E-state index in [2.05, 4.69) is 36.8 Å². The van der Waals surface area contributed by atoms with Gasteiger partial charge in [0.15, 0.2) is 0 Å². The van der Waals surface area contributed by atoms with Crippen molar-refractivity contribution in [2.24, 2.45) is 11.7 Å². The van der Waals surface area contributed by atoms with E-state index in [9.17, 15) is 0 Å². The molecule has 2 N–H and O–H groups in total. The highest BCUT2D eigenvalue weighted by Gasteiger charge is 2.17. The van der Waals surface area contributed by atoms with E-state index in [1.165, 1.54) is 58.2 Å². The summed E-state index contributed by atoms with van der Waals surface area (Å²) >= 11 is 2.06. The molecule has 3 unspecified atom stereocenters. The quantitative estimate of drug-likeness (QED) is 0.770. The number of nitrogens with two attached hydrogens (primary N) is 1. The highest BCUT2D eigenvalue weighted by molar-refractivity contribution is 7.99. The molecule has 108 valence electrons. The van der Waals surface area contributed by atoms with Gasteiger partial charge in [-0.3, -0.25) is 0 Å². The van der Waals surface area contributed by atoms with Crippen LogP contribution in [-0.4, -0.2) is 42.1 Å². The van der Waals surface area contributed by atoms with E-state index in [0.29, 0.717) is 6.04 Å². The topological polar surface area (TPSA) is 29.3 Å². The number of hydrogen-bond donors (Lipinski definition) is 1. The molecule has 0 bridgehead atoms. The fourth-order valence-electron chi connectivity index (χ4n) is 2.86. The molecule has 1 aliphatic rings. The Morgan fingerprint density at radius 3 is 2.67 bits per heavy atom. The molecule has 1 rings (SSSR count). The molecule has 0 radical (unpaired) electrons. The molecule has 1 fully saturated rings. The van der Waals surface area contributed by atoms with Crippen LogP contribution in [0.25, 0.3) is 0 Å². The third-order valence-corrected chi connectivity index (χ3v) is 5.17. The van der Waals surface area contributed by atoms with Gasteiger partial charge in [0.2, 0.25) is 0 Å². The Labute approximate surface area is 118 Å². The van der Waals surface area contributed by atoms with Gasteiger partial charge in [0.05, 0.1) is 0 Å². The highest BCUT2D eigenvalue weighted by atomic mass is 32.2. The van der Waals surface area contributed by atoms with E-state index >= 15 is 0 Å². The number of likely N-dealkylation sites (tertiary alicyclic amines) is 1. The minimum absolute atomic E-state index is 0.373. The summed E-state index contributed by atoms with van der Waals surface area (Å²) in [5.74, 6) is 0.828. The lowest BCUT2D eigenvalue weighted by Gasteiger charge is -2.24. The maximum absolute atomic E-state index is 5.80. The lowest BCUT2D eigenvalue weighted by atomic mass is 10.0. The molecule has 3 atom stereocenters. The maximum Gasteiger partial charge on any atom is 0.00569 e. The smallest absolute Gasteiger partial charge is 0.00569 e. The van der Waals surface area contributed by atoms with E-state index in [1.807, 2.05) is 0 Å². The zero-order valence-electron chi connectivity index (χ0n) is 12.5. The summed E-state index contributed by atoms with van der Waals surface area (Å²) in [5, 5.41) is 0.906. The van der Waals surface area contributed by atoms with Crippen molar-refractivity contribution in [3.8, 4) is 0 Å². The monoisotopic (exact) mass is 272 g/mol. The minimum atomic E-state index is 0.373. The van der Waals surface area contributed by atoms with Gasteiger partial charge in [-0.2, -0.15) is 11.8 Å².